The van der Waals surface area contributed by atoms with Crippen molar-refractivity contribution in [1.82, 2.24) is 0 Å². The molecule has 0 atom stereocenters. The van der Waals surface area contributed by atoms with Crippen molar-refractivity contribution in [2.45, 2.75) is 19.3 Å². The molecule has 0 spiro atoms. The summed E-state index contributed by atoms with van der Waals surface area (Å²) in [4.78, 5) is 9.99. The molecule has 1 rings (SSSR count). The van der Waals surface area contributed by atoms with Crippen LogP contribution in [-0.2, 0) is 4.79 Å². The Hall–Kier alpha value is -1.05. The van der Waals surface area contributed by atoms with E-state index >= 15 is 0 Å². The summed E-state index contributed by atoms with van der Waals surface area (Å²) in [5.74, 6) is -0.00875. The van der Waals surface area contributed by atoms with Crippen LogP contribution in [0.3, 0.4) is 0 Å². The minimum atomic E-state index is -0.888. The summed E-state index contributed by atoms with van der Waals surface area (Å²) in [7, 11) is 0. The highest BCUT2D eigenvalue weighted by Crippen LogP contribution is 2.32. The molecule has 60 valence electrons. The van der Waals surface area contributed by atoms with Crippen LogP contribution in [0, 0.1) is 5.92 Å². The quantitative estimate of drug-likeness (QED) is 0.494. The molecule has 1 aliphatic carbocycles. The van der Waals surface area contributed by atoms with Gasteiger partial charge in [0.2, 0.25) is 0 Å². The number of hydrogen-bond acceptors (Lipinski definition) is 1. The van der Waals surface area contributed by atoms with Crippen molar-refractivity contribution in [3.63, 3.8) is 0 Å². The summed E-state index contributed by atoms with van der Waals surface area (Å²) in [6, 6.07) is 0. The van der Waals surface area contributed by atoms with Gasteiger partial charge in [-0.2, -0.15) is 0 Å². The Kier molecular flexibility index (Phi) is 2.90. The smallest absolute Gasteiger partial charge is 0.328 e. The van der Waals surface area contributed by atoms with E-state index in [1.54, 1.807) is 12.2 Å². The number of carbonyl (C=O) groups is 1. The second-order valence-corrected chi connectivity index (χ2v) is 2.80. The molecule has 0 aromatic rings. The van der Waals surface area contributed by atoms with E-state index in [1.807, 2.05) is 6.08 Å². The van der Waals surface area contributed by atoms with Crippen molar-refractivity contribution in [2.75, 3.05) is 0 Å². The zero-order valence-electron chi connectivity index (χ0n) is 6.36. The molecule has 1 saturated carbocycles. The number of rotatable bonds is 4. The third-order valence-electron chi connectivity index (χ3n) is 1.65. The summed E-state index contributed by atoms with van der Waals surface area (Å²) in [6.45, 7) is 0. The van der Waals surface area contributed by atoms with Gasteiger partial charge in [0.25, 0.3) is 0 Å². The predicted octanol–water partition coefficient (Wildman–Crippen LogP) is 1.98. The highest BCUT2D eigenvalue weighted by atomic mass is 16.4. The first-order valence-corrected chi connectivity index (χ1v) is 3.85. The molecule has 1 aliphatic rings. The van der Waals surface area contributed by atoms with Gasteiger partial charge in [0, 0.05) is 6.08 Å². The summed E-state index contributed by atoms with van der Waals surface area (Å²) >= 11 is 0. The number of carboxylic acid groups (broad SMARTS) is 1. The Morgan fingerprint density at radius 3 is 2.73 bits per heavy atom. The van der Waals surface area contributed by atoms with Gasteiger partial charge in [-0.05, 0) is 25.2 Å². The molecule has 0 heterocycles. The van der Waals surface area contributed by atoms with E-state index < -0.39 is 5.97 Å². The summed E-state index contributed by atoms with van der Waals surface area (Å²) < 4.78 is 0. The van der Waals surface area contributed by atoms with E-state index in [-0.39, 0.29) is 0 Å². The van der Waals surface area contributed by atoms with Crippen LogP contribution in [0.2, 0.25) is 0 Å². The molecular weight excluding hydrogens is 140 g/mol. The van der Waals surface area contributed by atoms with Gasteiger partial charge in [0.05, 0.1) is 0 Å². The topological polar surface area (TPSA) is 37.3 Å². The maximum absolute atomic E-state index is 9.99. The SMILES string of the molecule is O=C(O)C=CC=CCC1CC1. The second-order valence-electron chi connectivity index (χ2n) is 2.80. The normalized spacial score (nSPS) is 18.2. The Balaban J connectivity index is 2.08. The lowest BCUT2D eigenvalue weighted by atomic mass is 10.3. The molecular formula is C9H12O2. The number of hydrogen-bond donors (Lipinski definition) is 1. The van der Waals surface area contributed by atoms with Crippen LogP contribution < -0.4 is 0 Å². The second kappa shape index (κ2) is 3.96. The van der Waals surface area contributed by atoms with Gasteiger partial charge in [0.1, 0.15) is 0 Å². The van der Waals surface area contributed by atoms with Crippen molar-refractivity contribution in [1.29, 1.82) is 0 Å². The van der Waals surface area contributed by atoms with Crippen LogP contribution in [-0.4, -0.2) is 11.1 Å². The zero-order valence-corrected chi connectivity index (χ0v) is 6.36. The zero-order chi connectivity index (χ0) is 8.10. The molecule has 0 unspecified atom stereocenters. The van der Waals surface area contributed by atoms with Crippen LogP contribution in [0.5, 0.6) is 0 Å². The summed E-state index contributed by atoms with van der Waals surface area (Å²) in [5.41, 5.74) is 0. The molecule has 0 aromatic heterocycles. The van der Waals surface area contributed by atoms with Crippen LogP contribution in [0.25, 0.3) is 0 Å². The molecule has 2 nitrogen and oxygen atoms in total. The molecule has 0 saturated heterocycles. The monoisotopic (exact) mass is 152 g/mol. The fourth-order valence-corrected chi connectivity index (χ4v) is 0.841. The van der Waals surface area contributed by atoms with Crippen LogP contribution in [0.15, 0.2) is 24.3 Å². The Morgan fingerprint density at radius 2 is 2.18 bits per heavy atom. The molecule has 0 amide bonds. The Bertz CT molecular complexity index is 188. The van der Waals surface area contributed by atoms with Crippen molar-refractivity contribution < 1.29 is 9.90 Å². The van der Waals surface area contributed by atoms with Crippen molar-refractivity contribution in [2.24, 2.45) is 5.92 Å². The van der Waals surface area contributed by atoms with Gasteiger partial charge in [-0.25, -0.2) is 4.79 Å². The van der Waals surface area contributed by atoms with Crippen LogP contribution in [0.1, 0.15) is 19.3 Å². The fourth-order valence-electron chi connectivity index (χ4n) is 0.841. The maximum atomic E-state index is 9.99. The molecule has 0 aliphatic heterocycles. The first-order chi connectivity index (χ1) is 5.29. The maximum Gasteiger partial charge on any atom is 0.328 e. The van der Waals surface area contributed by atoms with E-state index in [2.05, 4.69) is 0 Å². The van der Waals surface area contributed by atoms with Crippen LogP contribution >= 0.6 is 0 Å². The summed E-state index contributed by atoms with van der Waals surface area (Å²) in [6.07, 6.45) is 10.3. The lowest BCUT2D eigenvalue weighted by Gasteiger charge is -1.82. The van der Waals surface area contributed by atoms with E-state index in [1.165, 1.54) is 12.8 Å². The average Bonchev–Trinajstić information content (AvgIpc) is 2.70. The molecule has 0 bridgehead atoms. The Morgan fingerprint density at radius 1 is 1.45 bits per heavy atom. The van der Waals surface area contributed by atoms with E-state index in [4.69, 9.17) is 5.11 Å². The minimum Gasteiger partial charge on any atom is -0.478 e. The molecule has 0 aromatic carbocycles. The lowest BCUT2D eigenvalue weighted by molar-refractivity contribution is -0.131. The Labute approximate surface area is 66.2 Å². The molecule has 2 heteroatoms. The number of aliphatic carboxylic acids is 1. The van der Waals surface area contributed by atoms with Gasteiger partial charge in [-0.1, -0.05) is 18.2 Å². The third kappa shape index (κ3) is 4.37. The van der Waals surface area contributed by atoms with Gasteiger partial charge in [-0.3, -0.25) is 0 Å². The van der Waals surface area contributed by atoms with Crippen molar-refractivity contribution in [3.8, 4) is 0 Å². The van der Waals surface area contributed by atoms with Gasteiger partial charge in [0.15, 0.2) is 0 Å². The first kappa shape index (κ1) is 8.05. The standard InChI is InChI=1S/C9H12O2/c10-9(11)5-3-1-2-4-8-6-7-8/h1-3,5,8H,4,6-7H2,(H,10,11). The number of carboxylic acids is 1. The van der Waals surface area contributed by atoms with Crippen molar-refractivity contribution >= 4 is 5.97 Å². The summed E-state index contributed by atoms with van der Waals surface area (Å²) in [5, 5.41) is 8.21. The third-order valence-corrected chi connectivity index (χ3v) is 1.65. The lowest BCUT2D eigenvalue weighted by Crippen LogP contribution is -1.84. The predicted molar refractivity (Wildman–Crippen MR) is 43.3 cm³/mol. The molecule has 11 heavy (non-hydrogen) atoms. The number of allylic oxidation sites excluding steroid dienone is 3. The van der Waals surface area contributed by atoms with Gasteiger partial charge < -0.3 is 5.11 Å². The van der Waals surface area contributed by atoms with E-state index in [0.717, 1.165) is 18.4 Å². The largest absolute Gasteiger partial charge is 0.478 e. The van der Waals surface area contributed by atoms with Gasteiger partial charge >= 0.3 is 5.97 Å². The van der Waals surface area contributed by atoms with Crippen molar-refractivity contribution in [3.05, 3.63) is 24.3 Å². The highest BCUT2D eigenvalue weighted by Gasteiger charge is 2.18. The first-order valence-electron chi connectivity index (χ1n) is 3.85. The van der Waals surface area contributed by atoms with E-state index in [0.29, 0.717) is 0 Å². The molecule has 1 N–H and O–H groups in total. The highest BCUT2D eigenvalue weighted by molar-refractivity contribution is 5.80. The molecule has 1 fully saturated rings. The van der Waals surface area contributed by atoms with Gasteiger partial charge in [-0.15, -0.1) is 0 Å². The minimum absolute atomic E-state index is 0.879. The van der Waals surface area contributed by atoms with Crippen LogP contribution in [0.4, 0.5) is 0 Å². The van der Waals surface area contributed by atoms with E-state index in [9.17, 15) is 4.79 Å². The fraction of sp³-hybridized carbons (Fsp3) is 0.444. The molecule has 0 radical (unpaired) electrons. The average molecular weight is 152 g/mol.